The lowest BCUT2D eigenvalue weighted by Gasteiger charge is -2.27. The van der Waals surface area contributed by atoms with E-state index in [4.69, 9.17) is 0 Å². The Morgan fingerprint density at radius 2 is 1.83 bits per heavy atom. The summed E-state index contributed by atoms with van der Waals surface area (Å²) in [7, 11) is 0.0805. The summed E-state index contributed by atoms with van der Waals surface area (Å²) >= 11 is 0. The number of carbonyl (C=O) groups excluding carboxylic acids is 2. The highest BCUT2D eigenvalue weighted by Gasteiger charge is 2.26. The molecule has 1 heterocycles. The predicted molar refractivity (Wildman–Crippen MR) is 118 cm³/mol. The number of urea groups is 1. The fraction of sp³-hybridized carbons (Fsp3) is 0.600. The molecule has 0 aliphatic carbocycles. The third-order valence-electron chi connectivity index (χ3n) is 4.91. The van der Waals surface area contributed by atoms with Crippen LogP contribution < -0.4 is 20.9 Å². The normalized spacial score (nSPS) is 14.8. The van der Waals surface area contributed by atoms with Gasteiger partial charge in [-0.3, -0.25) is 10.1 Å². The molecule has 3 N–H and O–H groups in total. The maximum absolute atomic E-state index is 13.0. The number of sulfonamides is 1. The van der Waals surface area contributed by atoms with Gasteiger partial charge >= 0.3 is 6.03 Å². The van der Waals surface area contributed by atoms with Crippen LogP contribution in [0.25, 0.3) is 0 Å². The Bertz CT molecular complexity index is 836. The molecule has 3 amide bonds. The molecule has 0 unspecified atom stereocenters. The monoisotopic (exact) mass is 439 g/mol. The van der Waals surface area contributed by atoms with Crippen molar-refractivity contribution in [3.8, 4) is 0 Å². The second kappa shape index (κ2) is 11.2. The molecular formula is C20H33N5O4S. The van der Waals surface area contributed by atoms with E-state index in [-0.39, 0.29) is 11.4 Å². The lowest BCUT2D eigenvalue weighted by atomic mass is 10.2. The molecule has 1 saturated heterocycles. The van der Waals surface area contributed by atoms with Gasteiger partial charge < -0.3 is 15.5 Å². The minimum absolute atomic E-state index is 0.157. The number of benzene rings is 1. The van der Waals surface area contributed by atoms with E-state index >= 15 is 0 Å². The molecule has 30 heavy (non-hydrogen) atoms. The van der Waals surface area contributed by atoms with Gasteiger partial charge in [-0.25, -0.2) is 13.2 Å². The van der Waals surface area contributed by atoms with Crippen molar-refractivity contribution in [1.82, 2.24) is 14.9 Å². The highest BCUT2D eigenvalue weighted by molar-refractivity contribution is 7.89. The molecule has 0 radical (unpaired) electrons. The molecule has 168 valence electrons. The molecule has 1 aliphatic rings. The average Bonchev–Trinajstić information content (AvgIpc) is 2.72. The topological polar surface area (TPSA) is 111 Å². The molecule has 0 bridgehead atoms. The predicted octanol–water partition coefficient (Wildman–Crippen LogP) is 1.96. The third kappa shape index (κ3) is 6.60. The van der Waals surface area contributed by atoms with Crippen LogP contribution in [0.5, 0.6) is 0 Å². The SMILES string of the molecule is CCCCNC(=O)NC(=O)CNc1cc(S(=O)(=O)N2CCCCC2)ccc1N(C)C. The fourth-order valence-corrected chi connectivity index (χ4v) is 4.77. The van der Waals surface area contributed by atoms with Crippen molar-refractivity contribution in [2.24, 2.45) is 0 Å². The van der Waals surface area contributed by atoms with E-state index in [2.05, 4.69) is 16.0 Å². The van der Waals surface area contributed by atoms with Crippen LogP contribution in [0.3, 0.4) is 0 Å². The largest absolute Gasteiger partial charge is 0.376 e. The summed E-state index contributed by atoms with van der Waals surface area (Å²) in [5, 5.41) is 7.84. The number of amides is 3. The van der Waals surface area contributed by atoms with Gasteiger partial charge in [-0.1, -0.05) is 19.8 Å². The molecule has 1 fully saturated rings. The summed E-state index contributed by atoms with van der Waals surface area (Å²) in [6.07, 6.45) is 4.55. The molecule has 0 saturated carbocycles. The number of unbranched alkanes of at least 4 members (excludes halogenated alkanes) is 1. The lowest BCUT2D eigenvalue weighted by molar-refractivity contribution is -0.118. The Hall–Kier alpha value is -2.33. The Balaban J connectivity index is 2.09. The minimum atomic E-state index is -3.59. The summed E-state index contributed by atoms with van der Waals surface area (Å²) in [6.45, 7) is 3.40. The lowest BCUT2D eigenvalue weighted by Crippen LogP contribution is -2.42. The van der Waals surface area contributed by atoms with Crippen molar-refractivity contribution in [1.29, 1.82) is 0 Å². The molecule has 0 aromatic heterocycles. The Morgan fingerprint density at radius 3 is 2.47 bits per heavy atom. The summed E-state index contributed by atoms with van der Waals surface area (Å²) in [5.74, 6) is -0.502. The third-order valence-corrected chi connectivity index (χ3v) is 6.81. The van der Waals surface area contributed by atoms with Crippen molar-refractivity contribution < 1.29 is 18.0 Å². The number of imide groups is 1. The number of hydrogen-bond donors (Lipinski definition) is 3. The molecule has 0 atom stereocenters. The van der Waals surface area contributed by atoms with Gasteiger partial charge in [0, 0.05) is 33.7 Å². The van der Waals surface area contributed by atoms with E-state index in [1.165, 1.54) is 4.31 Å². The van der Waals surface area contributed by atoms with E-state index in [1.54, 1.807) is 18.2 Å². The molecule has 1 aromatic carbocycles. The number of carbonyl (C=O) groups is 2. The fourth-order valence-electron chi connectivity index (χ4n) is 3.23. The Labute approximate surface area is 179 Å². The zero-order valence-corrected chi connectivity index (χ0v) is 18.8. The Morgan fingerprint density at radius 1 is 1.13 bits per heavy atom. The number of anilines is 2. The molecule has 1 aromatic rings. The first-order valence-corrected chi connectivity index (χ1v) is 11.8. The van der Waals surface area contributed by atoms with Gasteiger partial charge in [0.15, 0.2) is 0 Å². The molecular weight excluding hydrogens is 406 g/mol. The number of nitrogens with one attached hydrogen (secondary N) is 3. The van der Waals surface area contributed by atoms with E-state index in [0.717, 1.165) is 37.8 Å². The van der Waals surface area contributed by atoms with Gasteiger partial charge in [0.25, 0.3) is 0 Å². The average molecular weight is 440 g/mol. The van der Waals surface area contributed by atoms with Crippen molar-refractivity contribution in [3.05, 3.63) is 18.2 Å². The van der Waals surface area contributed by atoms with Crippen LogP contribution in [-0.2, 0) is 14.8 Å². The molecule has 9 nitrogen and oxygen atoms in total. The van der Waals surface area contributed by atoms with Gasteiger partial charge in [0.05, 0.1) is 22.8 Å². The van der Waals surface area contributed by atoms with Crippen LogP contribution in [0.2, 0.25) is 0 Å². The Kier molecular flexibility index (Phi) is 8.91. The van der Waals surface area contributed by atoms with Crippen LogP contribution in [0.4, 0.5) is 16.2 Å². The first-order valence-electron chi connectivity index (χ1n) is 10.4. The summed E-state index contributed by atoms with van der Waals surface area (Å²) in [4.78, 5) is 25.8. The zero-order valence-electron chi connectivity index (χ0n) is 18.0. The first-order chi connectivity index (χ1) is 14.3. The van der Waals surface area contributed by atoms with Crippen LogP contribution >= 0.6 is 0 Å². The van der Waals surface area contributed by atoms with Crippen molar-refractivity contribution in [3.63, 3.8) is 0 Å². The smallest absolute Gasteiger partial charge is 0.321 e. The highest BCUT2D eigenvalue weighted by Crippen LogP contribution is 2.29. The van der Waals surface area contributed by atoms with E-state index < -0.39 is 22.0 Å². The number of rotatable bonds is 9. The van der Waals surface area contributed by atoms with E-state index in [1.807, 2.05) is 25.9 Å². The van der Waals surface area contributed by atoms with Crippen LogP contribution in [0.1, 0.15) is 39.0 Å². The maximum Gasteiger partial charge on any atom is 0.321 e. The molecule has 1 aliphatic heterocycles. The van der Waals surface area contributed by atoms with Crippen LogP contribution in [-0.4, -0.2) is 64.9 Å². The van der Waals surface area contributed by atoms with Gasteiger partial charge in [0.1, 0.15) is 0 Å². The summed E-state index contributed by atoms with van der Waals surface area (Å²) < 4.78 is 27.5. The minimum Gasteiger partial charge on any atom is -0.376 e. The van der Waals surface area contributed by atoms with E-state index in [0.29, 0.717) is 25.3 Å². The van der Waals surface area contributed by atoms with Gasteiger partial charge in [-0.2, -0.15) is 4.31 Å². The first kappa shape index (κ1) is 23.9. The number of piperidine rings is 1. The zero-order chi connectivity index (χ0) is 22.1. The van der Waals surface area contributed by atoms with Crippen molar-refractivity contribution in [2.75, 3.05) is 50.5 Å². The van der Waals surface area contributed by atoms with Crippen LogP contribution in [0, 0.1) is 0 Å². The van der Waals surface area contributed by atoms with Gasteiger partial charge in [-0.05, 0) is 37.5 Å². The van der Waals surface area contributed by atoms with E-state index in [9.17, 15) is 18.0 Å². The van der Waals surface area contributed by atoms with Gasteiger partial charge in [0.2, 0.25) is 15.9 Å². The quantitative estimate of drug-likeness (QED) is 0.507. The molecule has 2 rings (SSSR count). The second-order valence-corrected chi connectivity index (χ2v) is 9.49. The molecule has 10 heteroatoms. The number of hydrogen-bond acceptors (Lipinski definition) is 6. The van der Waals surface area contributed by atoms with Crippen molar-refractivity contribution in [2.45, 2.75) is 43.9 Å². The van der Waals surface area contributed by atoms with Gasteiger partial charge in [-0.15, -0.1) is 0 Å². The number of nitrogens with zero attached hydrogens (tertiary/aromatic N) is 2. The maximum atomic E-state index is 13.0. The molecule has 0 spiro atoms. The second-order valence-electron chi connectivity index (χ2n) is 7.55. The van der Waals surface area contributed by atoms with Crippen molar-refractivity contribution >= 4 is 33.3 Å². The summed E-state index contributed by atoms with van der Waals surface area (Å²) in [6, 6.07) is 4.32. The standard InChI is InChI=1S/C20H33N5O4S/c1-4-5-11-21-20(27)23-19(26)15-22-17-14-16(9-10-18(17)24(2)3)30(28,29)25-12-7-6-8-13-25/h9-10,14,22H,4-8,11-13,15H2,1-3H3,(H2,21,23,26,27). The summed E-state index contributed by atoms with van der Waals surface area (Å²) in [5.41, 5.74) is 1.26. The highest BCUT2D eigenvalue weighted by atomic mass is 32.2. The van der Waals surface area contributed by atoms with Crippen LogP contribution in [0.15, 0.2) is 23.1 Å².